The number of benzene rings is 4. The van der Waals surface area contributed by atoms with Crippen LogP contribution < -0.4 is 10.2 Å². The molecule has 5 aromatic rings. The van der Waals surface area contributed by atoms with Gasteiger partial charge in [-0.25, -0.2) is 5.43 Å². The number of fused-ring (bicyclic) bond motifs is 2. The number of hydrogen-bond donors (Lipinski definition) is 1. The molecule has 1 N–H and O–H groups in total. The fourth-order valence-corrected chi connectivity index (χ4v) is 3.85. The Morgan fingerprint density at radius 1 is 1.03 bits per heavy atom. The van der Waals surface area contributed by atoms with Crippen LogP contribution in [0.15, 0.2) is 94.4 Å². The van der Waals surface area contributed by atoms with E-state index in [1.54, 1.807) is 0 Å². The first-order valence-corrected chi connectivity index (χ1v) is 11.2. The largest absolute Gasteiger partial charge is 0.488 e. The zero-order valence-corrected chi connectivity index (χ0v) is 19.3. The smallest absolute Gasteiger partial charge is 0.307 e. The molecule has 0 unspecified atom stereocenters. The Hall–Kier alpha value is -4.98. The topological polar surface area (TPSA) is 107 Å². The van der Waals surface area contributed by atoms with Crippen LogP contribution in [0.4, 0.5) is 5.69 Å². The molecule has 178 valence electrons. The second-order valence-corrected chi connectivity index (χ2v) is 8.26. The number of carbonyl (C=O) groups excluding carboxylic acids is 1. The Morgan fingerprint density at radius 2 is 1.83 bits per heavy atom. The Morgan fingerprint density at radius 3 is 2.64 bits per heavy atom. The van der Waals surface area contributed by atoms with Gasteiger partial charge >= 0.3 is 5.91 Å². The SMILES string of the molecule is Cc1ccc(COc2ccc3ccccc3c2/C=N\NC(=O)c2cc3cc([N+](=O)[O-])ccc3o2)cc1. The summed E-state index contributed by atoms with van der Waals surface area (Å²) in [5.41, 5.74) is 5.69. The maximum Gasteiger partial charge on any atom is 0.307 e. The minimum Gasteiger partial charge on any atom is -0.488 e. The molecule has 5 rings (SSSR count). The molecule has 0 atom stereocenters. The van der Waals surface area contributed by atoms with E-state index in [1.165, 1.54) is 36.0 Å². The minimum absolute atomic E-state index is 0.00332. The number of ether oxygens (including phenoxy) is 1. The third-order valence-corrected chi connectivity index (χ3v) is 5.74. The zero-order valence-electron chi connectivity index (χ0n) is 19.3. The lowest BCUT2D eigenvalue weighted by molar-refractivity contribution is -0.384. The molecular weight excluding hydrogens is 458 g/mol. The van der Waals surface area contributed by atoms with E-state index in [2.05, 4.69) is 10.5 Å². The third-order valence-electron chi connectivity index (χ3n) is 5.74. The standard InChI is InChI=1S/C28H21N3O5/c1-18-6-8-19(9-7-18)17-35-26-12-10-20-4-2-3-5-23(20)24(26)16-29-30-28(32)27-15-21-14-22(31(33)34)11-13-25(21)36-27/h2-16H,17H2,1H3,(H,30,32)/b29-16-. The summed E-state index contributed by atoms with van der Waals surface area (Å²) in [6.45, 7) is 2.42. The molecule has 1 aromatic heterocycles. The third kappa shape index (κ3) is 4.78. The van der Waals surface area contributed by atoms with Crippen molar-refractivity contribution in [3.63, 3.8) is 0 Å². The molecule has 0 aliphatic carbocycles. The Kier molecular flexibility index (Phi) is 6.15. The van der Waals surface area contributed by atoms with Gasteiger partial charge in [-0.1, -0.05) is 60.2 Å². The summed E-state index contributed by atoms with van der Waals surface area (Å²) in [4.78, 5) is 23.1. The van der Waals surface area contributed by atoms with E-state index in [9.17, 15) is 14.9 Å². The van der Waals surface area contributed by atoms with Crippen LogP contribution in [-0.4, -0.2) is 17.0 Å². The summed E-state index contributed by atoms with van der Waals surface area (Å²) in [5.74, 6) is 0.0483. The number of nitrogens with zero attached hydrogens (tertiary/aromatic N) is 2. The fraction of sp³-hybridized carbons (Fsp3) is 0.0714. The normalized spacial score (nSPS) is 11.2. The highest BCUT2D eigenvalue weighted by atomic mass is 16.6. The van der Waals surface area contributed by atoms with Gasteiger partial charge in [0, 0.05) is 23.1 Å². The van der Waals surface area contributed by atoms with Crippen molar-refractivity contribution in [1.82, 2.24) is 5.43 Å². The van der Waals surface area contributed by atoms with Gasteiger partial charge in [0.1, 0.15) is 17.9 Å². The number of nitrogens with one attached hydrogen (secondary N) is 1. The average Bonchev–Trinajstić information content (AvgIpc) is 3.32. The first kappa shape index (κ1) is 22.8. The molecule has 4 aromatic carbocycles. The number of hydrazone groups is 1. The summed E-state index contributed by atoms with van der Waals surface area (Å²) in [6, 6.07) is 25.4. The molecule has 0 saturated heterocycles. The number of aryl methyl sites for hydroxylation is 1. The highest BCUT2D eigenvalue weighted by molar-refractivity contribution is 6.03. The molecule has 8 nitrogen and oxygen atoms in total. The van der Waals surface area contributed by atoms with Crippen molar-refractivity contribution in [2.24, 2.45) is 5.10 Å². The molecule has 0 aliphatic rings. The van der Waals surface area contributed by atoms with Crippen LogP contribution in [0.5, 0.6) is 5.75 Å². The fourth-order valence-electron chi connectivity index (χ4n) is 3.85. The van der Waals surface area contributed by atoms with Crippen molar-refractivity contribution >= 4 is 39.6 Å². The van der Waals surface area contributed by atoms with Crippen LogP contribution in [0, 0.1) is 17.0 Å². The number of rotatable bonds is 7. The quantitative estimate of drug-likeness (QED) is 0.171. The van der Waals surface area contributed by atoms with Crippen LogP contribution in [-0.2, 0) is 6.61 Å². The molecule has 0 saturated carbocycles. The van der Waals surface area contributed by atoms with Gasteiger partial charge in [0.05, 0.1) is 11.1 Å². The van der Waals surface area contributed by atoms with E-state index in [1.807, 2.05) is 67.6 Å². The van der Waals surface area contributed by atoms with Crippen molar-refractivity contribution < 1.29 is 18.9 Å². The number of nitro groups is 1. The van der Waals surface area contributed by atoms with E-state index in [0.717, 1.165) is 21.9 Å². The maximum absolute atomic E-state index is 12.6. The lowest BCUT2D eigenvalue weighted by Gasteiger charge is -2.12. The number of carbonyl (C=O) groups is 1. The predicted molar refractivity (Wildman–Crippen MR) is 137 cm³/mol. The van der Waals surface area contributed by atoms with E-state index in [-0.39, 0.29) is 11.4 Å². The first-order chi connectivity index (χ1) is 17.5. The summed E-state index contributed by atoms with van der Waals surface area (Å²) in [5, 5.41) is 17.5. The monoisotopic (exact) mass is 479 g/mol. The maximum atomic E-state index is 12.6. The van der Waals surface area contributed by atoms with E-state index in [0.29, 0.717) is 23.3 Å². The highest BCUT2D eigenvalue weighted by Crippen LogP contribution is 2.28. The number of furan rings is 1. The number of amides is 1. The molecule has 1 heterocycles. The Bertz CT molecular complexity index is 1620. The molecule has 1 amide bonds. The number of hydrogen-bond acceptors (Lipinski definition) is 6. The van der Waals surface area contributed by atoms with Gasteiger partial charge in [0.25, 0.3) is 5.69 Å². The zero-order chi connectivity index (χ0) is 25.1. The summed E-state index contributed by atoms with van der Waals surface area (Å²) < 4.78 is 11.6. The van der Waals surface area contributed by atoms with Gasteiger partial charge in [-0.3, -0.25) is 14.9 Å². The van der Waals surface area contributed by atoms with Crippen LogP contribution >= 0.6 is 0 Å². The van der Waals surface area contributed by atoms with E-state index in [4.69, 9.17) is 9.15 Å². The molecule has 0 fully saturated rings. The molecule has 36 heavy (non-hydrogen) atoms. The van der Waals surface area contributed by atoms with Crippen molar-refractivity contribution in [3.8, 4) is 5.75 Å². The Balaban J connectivity index is 1.38. The molecular formula is C28H21N3O5. The van der Waals surface area contributed by atoms with Crippen molar-refractivity contribution in [2.45, 2.75) is 13.5 Å². The lowest BCUT2D eigenvalue weighted by atomic mass is 10.0. The van der Waals surface area contributed by atoms with Gasteiger partial charge in [0.2, 0.25) is 0 Å². The van der Waals surface area contributed by atoms with Gasteiger partial charge in [-0.15, -0.1) is 0 Å². The van der Waals surface area contributed by atoms with Crippen LogP contribution in [0.25, 0.3) is 21.7 Å². The van der Waals surface area contributed by atoms with Crippen molar-refractivity contribution in [2.75, 3.05) is 0 Å². The Labute approximate surface area is 206 Å². The first-order valence-electron chi connectivity index (χ1n) is 11.2. The average molecular weight is 479 g/mol. The highest BCUT2D eigenvalue weighted by Gasteiger charge is 2.15. The minimum atomic E-state index is -0.576. The summed E-state index contributed by atoms with van der Waals surface area (Å²) in [7, 11) is 0. The summed E-state index contributed by atoms with van der Waals surface area (Å²) >= 11 is 0. The molecule has 0 spiro atoms. The lowest BCUT2D eigenvalue weighted by Crippen LogP contribution is -2.16. The van der Waals surface area contributed by atoms with Crippen LogP contribution in [0.1, 0.15) is 27.2 Å². The van der Waals surface area contributed by atoms with E-state index < -0.39 is 10.8 Å². The van der Waals surface area contributed by atoms with Gasteiger partial charge in [-0.05, 0) is 41.5 Å². The molecule has 0 radical (unpaired) electrons. The van der Waals surface area contributed by atoms with Gasteiger partial charge < -0.3 is 9.15 Å². The number of nitro benzene ring substituents is 1. The summed E-state index contributed by atoms with van der Waals surface area (Å²) in [6.07, 6.45) is 1.54. The van der Waals surface area contributed by atoms with Crippen molar-refractivity contribution in [3.05, 3.63) is 117 Å². The molecule has 0 aliphatic heterocycles. The van der Waals surface area contributed by atoms with E-state index >= 15 is 0 Å². The second kappa shape index (κ2) is 9.71. The molecule has 8 heteroatoms. The predicted octanol–water partition coefficient (Wildman–Crippen LogP) is 6.15. The van der Waals surface area contributed by atoms with Crippen LogP contribution in [0.2, 0.25) is 0 Å². The van der Waals surface area contributed by atoms with Crippen molar-refractivity contribution in [1.29, 1.82) is 0 Å². The number of non-ortho nitro benzene ring substituents is 1. The molecule has 0 bridgehead atoms. The van der Waals surface area contributed by atoms with Gasteiger partial charge in [-0.2, -0.15) is 5.10 Å². The second-order valence-electron chi connectivity index (χ2n) is 8.26. The van der Waals surface area contributed by atoms with Crippen LogP contribution in [0.3, 0.4) is 0 Å². The van der Waals surface area contributed by atoms with Gasteiger partial charge in [0.15, 0.2) is 5.76 Å².